The van der Waals surface area contributed by atoms with Crippen molar-refractivity contribution in [3.8, 4) is 0 Å². The van der Waals surface area contributed by atoms with Crippen LogP contribution < -0.4 is 11.2 Å². The first-order valence-electron chi connectivity index (χ1n) is 7.08. The lowest BCUT2D eigenvalue weighted by Crippen LogP contribution is -2.24. The Bertz CT molecular complexity index is 865. The monoisotopic (exact) mass is 296 g/mol. The van der Waals surface area contributed by atoms with E-state index >= 15 is 0 Å². The molecule has 2 aromatic heterocycles. The third kappa shape index (κ3) is 2.63. The molecule has 0 spiro atoms. The molecule has 0 aliphatic rings. The van der Waals surface area contributed by atoms with Gasteiger partial charge in [0, 0.05) is 11.8 Å². The maximum absolute atomic E-state index is 12.1. The molecule has 22 heavy (non-hydrogen) atoms. The Labute approximate surface area is 126 Å². The smallest absolute Gasteiger partial charge is 0.256 e. The van der Waals surface area contributed by atoms with Crippen LogP contribution >= 0.6 is 0 Å². The van der Waals surface area contributed by atoms with Gasteiger partial charge < -0.3 is 5.73 Å². The molecule has 6 nitrogen and oxygen atoms in total. The van der Waals surface area contributed by atoms with Crippen molar-refractivity contribution in [2.45, 2.75) is 19.3 Å². The number of pyridine rings is 1. The summed E-state index contributed by atoms with van der Waals surface area (Å²) in [5, 5.41) is 2.92. The third-order valence-corrected chi connectivity index (χ3v) is 3.63. The van der Waals surface area contributed by atoms with Crippen LogP contribution in [0.4, 0.5) is 0 Å². The molecule has 0 aliphatic carbocycles. The molecule has 1 aromatic carbocycles. The Morgan fingerprint density at radius 3 is 2.73 bits per heavy atom. The van der Waals surface area contributed by atoms with Gasteiger partial charge in [0.05, 0.1) is 0 Å². The second-order valence-electron chi connectivity index (χ2n) is 5.12. The predicted molar refractivity (Wildman–Crippen MR) is 82.8 cm³/mol. The predicted octanol–water partition coefficient (Wildman–Crippen LogP) is 1.30. The number of fused-ring (bicyclic) bond motifs is 1. The van der Waals surface area contributed by atoms with Crippen LogP contribution in [-0.2, 0) is 12.8 Å². The van der Waals surface area contributed by atoms with E-state index in [1.807, 2.05) is 18.2 Å². The van der Waals surface area contributed by atoms with Gasteiger partial charge in [0.15, 0.2) is 11.1 Å². The van der Waals surface area contributed by atoms with Crippen molar-refractivity contribution in [2.75, 3.05) is 0 Å². The standard InChI is InChI=1S/C16H16N4O2/c17-15(22)14-13(21)9-12(20-16(14)18-10-19-20)8-4-7-11-5-2-1-3-6-11/h1-3,5-6,9-10H,4,7-8H2,(H2,17,22)(H,18,19). The first-order chi connectivity index (χ1) is 10.7. The number of amides is 1. The molecule has 2 heterocycles. The average molecular weight is 296 g/mol. The molecule has 0 radical (unpaired) electrons. The third-order valence-electron chi connectivity index (χ3n) is 3.63. The van der Waals surface area contributed by atoms with Crippen molar-refractivity contribution >= 4 is 11.6 Å². The number of hydrogen-bond acceptors (Lipinski definition) is 3. The van der Waals surface area contributed by atoms with Gasteiger partial charge in [0.2, 0.25) is 0 Å². The summed E-state index contributed by atoms with van der Waals surface area (Å²) in [6, 6.07) is 11.6. The first kappa shape index (κ1) is 14.1. The van der Waals surface area contributed by atoms with Gasteiger partial charge in [0.25, 0.3) is 5.91 Å². The molecule has 6 heteroatoms. The number of rotatable bonds is 5. The number of carbonyl (C=O) groups excluding carboxylic acids is 1. The summed E-state index contributed by atoms with van der Waals surface area (Å²) in [5.74, 6) is -0.759. The van der Waals surface area contributed by atoms with E-state index in [4.69, 9.17) is 5.73 Å². The zero-order valence-corrected chi connectivity index (χ0v) is 12.0. The SMILES string of the molecule is NC(=O)c1c(=O)cc(CCCc2ccccc2)n2[nH]cnc12. The summed E-state index contributed by atoms with van der Waals surface area (Å²) in [4.78, 5) is 27.5. The summed E-state index contributed by atoms with van der Waals surface area (Å²) in [7, 11) is 0. The van der Waals surface area contributed by atoms with Crippen molar-refractivity contribution in [3.63, 3.8) is 0 Å². The van der Waals surface area contributed by atoms with Crippen LogP contribution in [0.3, 0.4) is 0 Å². The van der Waals surface area contributed by atoms with E-state index in [0.29, 0.717) is 6.42 Å². The van der Waals surface area contributed by atoms with Gasteiger partial charge >= 0.3 is 0 Å². The first-order valence-corrected chi connectivity index (χ1v) is 7.08. The van der Waals surface area contributed by atoms with Crippen molar-refractivity contribution in [1.29, 1.82) is 0 Å². The zero-order valence-electron chi connectivity index (χ0n) is 12.0. The normalized spacial score (nSPS) is 10.9. The molecule has 112 valence electrons. The van der Waals surface area contributed by atoms with E-state index in [-0.39, 0.29) is 16.6 Å². The van der Waals surface area contributed by atoms with Gasteiger partial charge in [-0.15, -0.1) is 0 Å². The Kier molecular flexibility index (Phi) is 3.74. The lowest BCUT2D eigenvalue weighted by atomic mass is 10.1. The van der Waals surface area contributed by atoms with Gasteiger partial charge in [-0.05, 0) is 24.8 Å². The maximum Gasteiger partial charge on any atom is 0.256 e. The highest BCUT2D eigenvalue weighted by molar-refractivity contribution is 5.98. The van der Waals surface area contributed by atoms with Gasteiger partial charge in [-0.1, -0.05) is 30.3 Å². The number of benzene rings is 1. The molecule has 0 saturated heterocycles. The topological polar surface area (TPSA) is 93.3 Å². The minimum Gasteiger partial charge on any atom is -0.365 e. The number of nitrogens with one attached hydrogen (secondary N) is 1. The molecule has 0 fully saturated rings. The fraction of sp³-hybridized carbons (Fsp3) is 0.188. The Morgan fingerprint density at radius 1 is 1.23 bits per heavy atom. The maximum atomic E-state index is 12.1. The summed E-state index contributed by atoms with van der Waals surface area (Å²) < 4.78 is 1.65. The molecular formula is C16H16N4O2. The summed E-state index contributed by atoms with van der Waals surface area (Å²) in [6.45, 7) is 0. The molecule has 3 aromatic rings. The van der Waals surface area contributed by atoms with Crippen LogP contribution in [0, 0.1) is 0 Å². The summed E-state index contributed by atoms with van der Waals surface area (Å²) in [6.07, 6.45) is 3.96. The number of aromatic amines is 1. The van der Waals surface area contributed by atoms with Crippen molar-refractivity contribution in [2.24, 2.45) is 5.73 Å². The van der Waals surface area contributed by atoms with Gasteiger partial charge in [-0.3, -0.25) is 14.7 Å². The van der Waals surface area contributed by atoms with E-state index in [0.717, 1.165) is 18.5 Å². The number of H-pyrrole nitrogens is 1. The molecule has 0 unspecified atom stereocenters. The molecule has 0 bridgehead atoms. The average Bonchev–Trinajstić information content (AvgIpc) is 2.97. The number of carbonyl (C=O) groups is 1. The Hall–Kier alpha value is -2.89. The number of aromatic nitrogens is 3. The minimum absolute atomic E-state index is 0.0759. The molecule has 3 rings (SSSR count). The second-order valence-corrected chi connectivity index (χ2v) is 5.12. The second kappa shape index (κ2) is 5.85. The van der Waals surface area contributed by atoms with Crippen LogP contribution in [0.5, 0.6) is 0 Å². The van der Waals surface area contributed by atoms with Crippen molar-refractivity contribution in [3.05, 3.63) is 69.8 Å². The fourth-order valence-electron chi connectivity index (χ4n) is 2.59. The number of nitrogens with two attached hydrogens (primary N) is 1. The number of primary amides is 1. The summed E-state index contributed by atoms with van der Waals surface area (Å²) >= 11 is 0. The van der Waals surface area contributed by atoms with Crippen LogP contribution in [0.2, 0.25) is 0 Å². The van der Waals surface area contributed by atoms with E-state index in [2.05, 4.69) is 22.2 Å². The highest BCUT2D eigenvalue weighted by Gasteiger charge is 2.16. The molecule has 0 aliphatic heterocycles. The minimum atomic E-state index is -0.759. The molecule has 0 saturated carbocycles. The molecular weight excluding hydrogens is 280 g/mol. The zero-order chi connectivity index (χ0) is 15.5. The highest BCUT2D eigenvalue weighted by Crippen LogP contribution is 2.10. The van der Waals surface area contributed by atoms with Gasteiger partial charge in [-0.25, -0.2) is 9.50 Å². The van der Waals surface area contributed by atoms with Crippen molar-refractivity contribution in [1.82, 2.24) is 14.6 Å². The Morgan fingerprint density at radius 2 is 2.00 bits per heavy atom. The van der Waals surface area contributed by atoms with E-state index < -0.39 is 5.91 Å². The molecule has 3 N–H and O–H groups in total. The highest BCUT2D eigenvalue weighted by atomic mass is 16.2. The van der Waals surface area contributed by atoms with E-state index in [1.54, 1.807) is 4.52 Å². The molecule has 1 amide bonds. The van der Waals surface area contributed by atoms with E-state index in [1.165, 1.54) is 18.0 Å². The quantitative estimate of drug-likeness (QED) is 0.743. The van der Waals surface area contributed by atoms with Crippen LogP contribution in [0.25, 0.3) is 5.65 Å². The summed E-state index contributed by atoms with van der Waals surface area (Å²) in [5.41, 5.74) is 7.13. The largest absolute Gasteiger partial charge is 0.365 e. The number of nitrogens with zero attached hydrogens (tertiary/aromatic N) is 2. The van der Waals surface area contributed by atoms with Gasteiger partial charge in [-0.2, -0.15) is 0 Å². The lowest BCUT2D eigenvalue weighted by molar-refractivity contribution is 0.100. The van der Waals surface area contributed by atoms with E-state index in [9.17, 15) is 9.59 Å². The lowest BCUT2D eigenvalue weighted by Gasteiger charge is -2.07. The van der Waals surface area contributed by atoms with Crippen LogP contribution in [0.1, 0.15) is 28.0 Å². The van der Waals surface area contributed by atoms with Crippen LogP contribution in [-0.4, -0.2) is 20.5 Å². The number of hydrogen-bond donors (Lipinski definition) is 2. The fourth-order valence-corrected chi connectivity index (χ4v) is 2.59. The van der Waals surface area contributed by atoms with Crippen molar-refractivity contribution < 1.29 is 4.79 Å². The van der Waals surface area contributed by atoms with Crippen LogP contribution in [0.15, 0.2) is 47.5 Å². The van der Waals surface area contributed by atoms with Gasteiger partial charge in [0.1, 0.15) is 11.9 Å². The Balaban J connectivity index is 1.86. The number of aryl methyl sites for hydroxylation is 2. The molecule has 0 atom stereocenters.